The van der Waals surface area contributed by atoms with Crippen molar-refractivity contribution in [2.75, 3.05) is 0 Å². The Hall–Kier alpha value is -3.55. The molecule has 2 aliphatic rings. The second-order valence-electron chi connectivity index (χ2n) is 6.03. The van der Waals surface area contributed by atoms with E-state index in [0.717, 1.165) is 4.90 Å². The van der Waals surface area contributed by atoms with Crippen LogP contribution in [0.2, 0.25) is 0 Å². The van der Waals surface area contributed by atoms with E-state index in [1.807, 2.05) is 0 Å². The van der Waals surface area contributed by atoms with E-state index in [9.17, 15) is 24.0 Å². The maximum atomic E-state index is 12.7. The minimum atomic E-state index is -1.01. The average Bonchev–Trinajstić information content (AvgIpc) is 3.20. The molecule has 1 fully saturated rings. The van der Waals surface area contributed by atoms with Crippen molar-refractivity contribution in [3.8, 4) is 11.3 Å². The zero-order chi connectivity index (χ0) is 18.4. The molecule has 1 unspecified atom stereocenters. The Balaban J connectivity index is 1.69. The van der Waals surface area contributed by atoms with Crippen LogP contribution in [0.1, 0.15) is 44.1 Å². The molecule has 2 aliphatic heterocycles. The number of hydrogen-bond donors (Lipinski definition) is 1. The fraction of sp³-hybridized carbons (Fsp3) is 0.167. The van der Waals surface area contributed by atoms with E-state index in [-0.39, 0.29) is 29.7 Å². The second-order valence-corrected chi connectivity index (χ2v) is 6.03. The highest BCUT2D eigenvalue weighted by Gasteiger charge is 2.44. The van der Waals surface area contributed by atoms with E-state index in [2.05, 4.69) is 5.32 Å². The van der Waals surface area contributed by atoms with Crippen LogP contribution in [0.5, 0.6) is 0 Å². The standard InChI is InChI=1S/C18H12N2O6/c21-8-10-2-5-14(26-10)9-1-3-11-12(7-9)18(25)20(17(11)24)13-4-6-15(22)19-16(13)23/h1-3,5,7-8,13H,4,6H2,(H,19,22,23). The summed E-state index contributed by atoms with van der Waals surface area (Å²) in [6.07, 6.45) is 0.732. The molecule has 8 nitrogen and oxygen atoms in total. The van der Waals surface area contributed by atoms with E-state index in [0.29, 0.717) is 17.6 Å². The normalized spacial score (nSPS) is 19.5. The molecule has 1 saturated heterocycles. The predicted molar refractivity (Wildman–Crippen MR) is 86.2 cm³/mol. The molecule has 1 aromatic carbocycles. The molecule has 0 aliphatic carbocycles. The van der Waals surface area contributed by atoms with Gasteiger partial charge in [0.25, 0.3) is 11.8 Å². The smallest absolute Gasteiger partial charge is 0.262 e. The number of carbonyl (C=O) groups is 5. The molecule has 8 heteroatoms. The fourth-order valence-corrected chi connectivity index (χ4v) is 3.20. The molecule has 26 heavy (non-hydrogen) atoms. The van der Waals surface area contributed by atoms with Gasteiger partial charge in [-0.05, 0) is 30.7 Å². The summed E-state index contributed by atoms with van der Waals surface area (Å²) in [4.78, 5) is 60.3. The molecule has 0 bridgehead atoms. The van der Waals surface area contributed by atoms with Gasteiger partial charge in [0.1, 0.15) is 11.8 Å². The molecule has 1 aromatic heterocycles. The number of nitrogens with one attached hydrogen (secondary N) is 1. The Morgan fingerprint density at radius 2 is 1.81 bits per heavy atom. The van der Waals surface area contributed by atoms with Crippen LogP contribution in [-0.4, -0.2) is 40.9 Å². The van der Waals surface area contributed by atoms with Gasteiger partial charge in [-0.1, -0.05) is 6.07 Å². The van der Waals surface area contributed by atoms with Crippen LogP contribution in [0.4, 0.5) is 0 Å². The molecular weight excluding hydrogens is 340 g/mol. The summed E-state index contributed by atoms with van der Waals surface area (Å²) in [6.45, 7) is 0. The topological polar surface area (TPSA) is 114 Å². The average molecular weight is 352 g/mol. The Morgan fingerprint density at radius 3 is 2.50 bits per heavy atom. The van der Waals surface area contributed by atoms with Crippen LogP contribution in [0.3, 0.4) is 0 Å². The Morgan fingerprint density at radius 1 is 1.04 bits per heavy atom. The Bertz CT molecular complexity index is 989. The zero-order valence-corrected chi connectivity index (χ0v) is 13.4. The molecule has 4 amide bonds. The number of rotatable bonds is 3. The first-order chi connectivity index (χ1) is 12.5. The molecule has 1 atom stereocenters. The lowest BCUT2D eigenvalue weighted by molar-refractivity contribution is -0.136. The first-order valence-corrected chi connectivity index (χ1v) is 7.90. The van der Waals surface area contributed by atoms with Gasteiger partial charge >= 0.3 is 0 Å². The number of piperidine rings is 1. The molecule has 0 saturated carbocycles. The number of aldehydes is 1. The lowest BCUT2D eigenvalue weighted by Crippen LogP contribution is -2.54. The molecular formula is C18H12N2O6. The summed E-state index contributed by atoms with van der Waals surface area (Å²) in [5.74, 6) is -1.71. The summed E-state index contributed by atoms with van der Waals surface area (Å²) in [5.41, 5.74) is 0.870. The highest BCUT2D eigenvalue weighted by atomic mass is 16.3. The number of amides is 4. The SMILES string of the molecule is O=Cc1ccc(-c2ccc3c(c2)C(=O)N(C2CCC(=O)NC2=O)C3=O)o1. The summed E-state index contributed by atoms with van der Waals surface area (Å²) < 4.78 is 5.33. The number of carbonyl (C=O) groups excluding carboxylic acids is 5. The van der Waals surface area contributed by atoms with Crippen LogP contribution in [-0.2, 0) is 9.59 Å². The molecule has 2 aromatic rings. The monoisotopic (exact) mass is 352 g/mol. The third kappa shape index (κ3) is 2.34. The number of hydrogen-bond acceptors (Lipinski definition) is 6. The van der Waals surface area contributed by atoms with E-state index < -0.39 is 29.7 Å². The van der Waals surface area contributed by atoms with Gasteiger partial charge in [-0.2, -0.15) is 0 Å². The molecule has 0 radical (unpaired) electrons. The zero-order valence-electron chi connectivity index (χ0n) is 13.4. The van der Waals surface area contributed by atoms with Gasteiger partial charge in [-0.25, -0.2) is 0 Å². The van der Waals surface area contributed by atoms with Crippen molar-refractivity contribution >= 4 is 29.9 Å². The summed E-state index contributed by atoms with van der Waals surface area (Å²) >= 11 is 0. The molecule has 1 N–H and O–H groups in total. The molecule has 4 rings (SSSR count). The van der Waals surface area contributed by atoms with Crippen molar-refractivity contribution in [3.05, 3.63) is 47.2 Å². The first-order valence-electron chi connectivity index (χ1n) is 7.90. The van der Waals surface area contributed by atoms with Gasteiger partial charge in [-0.3, -0.25) is 34.2 Å². The van der Waals surface area contributed by atoms with E-state index in [1.54, 1.807) is 12.1 Å². The van der Waals surface area contributed by atoms with E-state index >= 15 is 0 Å². The largest absolute Gasteiger partial charge is 0.453 e. The van der Waals surface area contributed by atoms with Crippen molar-refractivity contribution in [1.82, 2.24) is 10.2 Å². The maximum Gasteiger partial charge on any atom is 0.262 e. The quantitative estimate of drug-likeness (QED) is 0.655. The van der Waals surface area contributed by atoms with Gasteiger partial charge in [0.05, 0.1) is 11.1 Å². The minimum absolute atomic E-state index is 0.0654. The lowest BCUT2D eigenvalue weighted by atomic mass is 10.0. The van der Waals surface area contributed by atoms with Gasteiger partial charge < -0.3 is 4.42 Å². The van der Waals surface area contributed by atoms with Crippen molar-refractivity contribution in [2.45, 2.75) is 18.9 Å². The Labute approximate surface area is 146 Å². The minimum Gasteiger partial charge on any atom is -0.453 e. The predicted octanol–water partition coefficient (Wildman–Crippen LogP) is 1.16. The Kier molecular flexibility index (Phi) is 3.54. The highest BCUT2D eigenvalue weighted by Crippen LogP contribution is 2.31. The molecule has 3 heterocycles. The van der Waals surface area contributed by atoms with Crippen molar-refractivity contribution in [3.63, 3.8) is 0 Å². The van der Waals surface area contributed by atoms with Crippen LogP contribution >= 0.6 is 0 Å². The van der Waals surface area contributed by atoms with E-state index in [4.69, 9.17) is 4.42 Å². The van der Waals surface area contributed by atoms with Crippen LogP contribution in [0, 0.1) is 0 Å². The fourth-order valence-electron chi connectivity index (χ4n) is 3.20. The van der Waals surface area contributed by atoms with Gasteiger partial charge in [0.2, 0.25) is 11.8 Å². The number of nitrogens with zero attached hydrogens (tertiary/aromatic N) is 1. The number of benzene rings is 1. The molecule has 0 spiro atoms. The van der Waals surface area contributed by atoms with Crippen molar-refractivity contribution in [2.24, 2.45) is 0 Å². The summed E-state index contributed by atoms with van der Waals surface area (Å²) in [7, 11) is 0. The second kappa shape index (κ2) is 5.76. The number of fused-ring (bicyclic) bond motifs is 1. The van der Waals surface area contributed by atoms with E-state index in [1.165, 1.54) is 18.2 Å². The van der Waals surface area contributed by atoms with Crippen LogP contribution < -0.4 is 5.32 Å². The van der Waals surface area contributed by atoms with Gasteiger partial charge in [0, 0.05) is 12.0 Å². The van der Waals surface area contributed by atoms with Crippen molar-refractivity contribution < 1.29 is 28.4 Å². The summed E-state index contributed by atoms with van der Waals surface area (Å²) in [6, 6.07) is 6.66. The number of furan rings is 1. The van der Waals surface area contributed by atoms with Gasteiger partial charge in [-0.15, -0.1) is 0 Å². The van der Waals surface area contributed by atoms with Crippen molar-refractivity contribution in [1.29, 1.82) is 0 Å². The maximum absolute atomic E-state index is 12.7. The van der Waals surface area contributed by atoms with Crippen LogP contribution in [0.25, 0.3) is 11.3 Å². The third-order valence-corrected chi connectivity index (χ3v) is 4.47. The third-order valence-electron chi connectivity index (χ3n) is 4.47. The first kappa shape index (κ1) is 15.9. The van der Waals surface area contributed by atoms with Crippen LogP contribution in [0.15, 0.2) is 34.7 Å². The highest BCUT2D eigenvalue weighted by molar-refractivity contribution is 6.23. The molecule has 130 valence electrons. The van der Waals surface area contributed by atoms with Gasteiger partial charge in [0.15, 0.2) is 12.0 Å². The number of imide groups is 2. The lowest BCUT2D eigenvalue weighted by Gasteiger charge is -2.27. The summed E-state index contributed by atoms with van der Waals surface area (Å²) in [5, 5.41) is 2.15.